The fourth-order valence-electron chi connectivity index (χ4n) is 1.55. The molecule has 0 spiro atoms. The van der Waals surface area contributed by atoms with Gasteiger partial charge in [0.15, 0.2) is 0 Å². The minimum Gasteiger partial charge on any atom is -0.481 e. The van der Waals surface area contributed by atoms with Crippen LogP contribution in [-0.4, -0.2) is 17.0 Å². The first kappa shape index (κ1) is 13.6. The van der Waals surface area contributed by atoms with E-state index < -0.39 is 5.97 Å². The summed E-state index contributed by atoms with van der Waals surface area (Å²) < 4.78 is 6.07. The summed E-state index contributed by atoms with van der Waals surface area (Å²) in [6, 6.07) is 8.74. The van der Waals surface area contributed by atoms with Crippen molar-refractivity contribution in [3.05, 3.63) is 51.5 Å². The zero-order valence-electron chi connectivity index (χ0n) is 9.72. The molecule has 5 nitrogen and oxygen atoms in total. The first-order valence-electron chi connectivity index (χ1n) is 5.41. The molecule has 0 aliphatic heterocycles. The Kier molecular flexibility index (Phi) is 4.20. The Morgan fingerprint density at radius 1 is 1.21 bits per heavy atom. The highest BCUT2D eigenvalue weighted by molar-refractivity contribution is 14.1. The maximum Gasteiger partial charge on any atom is 0.311 e. The molecule has 1 aromatic heterocycles. The number of nitrogens with one attached hydrogen (secondary N) is 1. The van der Waals surface area contributed by atoms with Gasteiger partial charge in [0, 0.05) is 9.26 Å². The second-order valence-electron chi connectivity index (χ2n) is 3.79. The minimum absolute atomic E-state index is 0.149. The summed E-state index contributed by atoms with van der Waals surface area (Å²) in [5.41, 5.74) is 0.883. The molecule has 0 aliphatic carbocycles. The highest BCUT2D eigenvalue weighted by Gasteiger charge is 2.17. The van der Waals surface area contributed by atoms with E-state index in [1.54, 1.807) is 12.1 Å². The number of carbonyl (C=O) groups excluding carboxylic acids is 1. The van der Waals surface area contributed by atoms with E-state index in [0.29, 0.717) is 5.69 Å². The van der Waals surface area contributed by atoms with Gasteiger partial charge in [0.2, 0.25) is 0 Å². The number of furan rings is 1. The second-order valence-corrected chi connectivity index (χ2v) is 5.03. The summed E-state index contributed by atoms with van der Waals surface area (Å²) in [5, 5.41) is 11.4. The molecule has 0 fully saturated rings. The van der Waals surface area contributed by atoms with E-state index in [4.69, 9.17) is 9.52 Å². The van der Waals surface area contributed by atoms with Crippen LogP contribution in [0.1, 0.15) is 16.1 Å². The number of carboxylic acids is 1. The van der Waals surface area contributed by atoms with Crippen molar-refractivity contribution in [3.63, 3.8) is 0 Å². The van der Waals surface area contributed by atoms with Crippen LogP contribution < -0.4 is 5.32 Å². The Labute approximate surface area is 122 Å². The SMILES string of the molecule is O=C(O)Cc1occc1C(=O)Nc1ccc(I)cc1. The first-order valence-corrected chi connectivity index (χ1v) is 6.49. The van der Waals surface area contributed by atoms with Gasteiger partial charge in [-0.15, -0.1) is 0 Å². The largest absolute Gasteiger partial charge is 0.481 e. The molecular formula is C13H10INO4. The van der Waals surface area contributed by atoms with E-state index in [-0.39, 0.29) is 23.7 Å². The van der Waals surface area contributed by atoms with Gasteiger partial charge in [-0.3, -0.25) is 9.59 Å². The molecule has 0 bridgehead atoms. The van der Waals surface area contributed by atoms with E-state index in [0.717, 1.165) is 3.57 Å². The number of anilines is 1. The molecular weight excluding hydrogens is 361 g/mol. The number of rotatable bonds is 4. The molecule has 0 saturated heterocycles. The molecule has 19 heavy (non-hydrogen) atoms. The number of amides is 1. The maximum absolute atomic E-state index is 12.0. The molecule has 0 saturated carbocycles. The van der Waals surface area contributed by atoms with Crippen molar-refractivity contribution in [2.75, 3.05) is 5.32 Å². The van der Waals surface area contributed by atoms with Crippen LogP contribution in [0.25, 0.3) is 0 Å². The predicted octanol–water partition coefficient (Wildman–Crippen LogP) is 2.76. The lowest BCUT2D eigenvalue weighted by atomic mass is 10.2. The van der Waals surface area contributed by atoms with Gasteiger partial charge in [-0.05, 0) is 52.9 Å². The molecule has 2 rings (SSSR count). The second kappa shape index (κ2) is 5.87. The van der Waals surface area contributed by atoms with E-state index in [2.05, 4.69) is 27.9 Å². The molecule has 98 valence electrons. The lowest BCUT2D eigenvalue weighted by Crippen LogP contribution is -2.14. The van der Waals surface area contributed by atoms with Crippen LogP contribution in [0.15, 0.2) is 41.0 Å². The Balaban J connectivity index is 2.14. The van der Waals surface area contributed by atoms with Gasteiger partial charge >= 0.3 is 5.97 Å². The Hall–Kier alpha value is -1.83. The van der Waals surface area contributed by atoms with Gasteiger partial charge < -0.3 is 14.8 Å². The average molecular weight is 371 g/mol. The van der Waals surface area contributed by atoms with Crippen LogP contribution in [0.4, 0.5) is 5.69 Å². The van der Waals surface area contributed by atoms with Crippen molar-refractivity contribution in [2.24, 2.45) is 0 Å². The Morgan fingerprint density at radius 2 is 1.89 bits per heavy atom. The lowest BCUT2D eigenvalue weighted by molar-refractivity contribution is -0.136. The normalized spacial score (nSPS) is 10.2. The zero-order valence-corrected chi connectivity index (χ0v) is 11.9. The number of carbonyl (C=O) groups is 2. The molecule has 0 unspecified atom stereocenters. The maximum atomic E-state index is 12.0. The molecule has 0 atom stereocenters. The topological polar surface area (TPSA) is 79.5 Å². The van der Waals surface area contributed by atoms with Crippen molar-refractivity contribution >= 4 is 40.2 Å². The smallest absolute Gasteiger partial charge is 0.311 e. The molecule has 6 heteroatoms. The molecule has 2 N–H and O–H groups in total. The van der Waals surface area contributed by atoms with E-state index >= 15 is 0 Å². The van der Waals surface area contributed by atoms with Crippen LogP contribution >= 0.6 is 22.6 Å². The van der Waals surface area contributed by atoms with Gasteiger partial charge in [-0.2, -0.15) is 0 Å². The summed E-state index contributed by atoms with van der Waals surface area (Å²) in [4.78, 5) is 22.6. The first-order chi connectivity index (χ1) is 9.06. The standard InChI is InChI=1S/C13H10INO4/c14-8-1-3-9(4-2-8)15-13(18)10-5-6-19-11(10)7-12(16)17/h1-6H,7H2,(H,15,18)(H,16,17). The van der Waals surface area contributed by atoms with Crippen LogP contribution in [0, 0.1) is 3.57 Å². The molecule has 1 heterocycles. The Morgan fingerprint density at radius 3 is 2.53 bits per heavy atom. The zero-order chi connectivity index (χ0) is 13.8. The summed E-state index contributed by atoms with van der Waals surface area (Å²) in [6.07, 6.45) is 0.990. The van der Waals surface area contributed by atoms with Crippen molar-refractivity contribution in [3.8, 4) is 0 Å². The number of halogens is 1. The molecule has 1 aromatic carbocycles. The number of hydrogen-bond donors (Lipinski definition) is 2. The van der Waals surface area contributed by atoms with Crippen LogP contribution in [0.5, 0.6) is 0 Å². The highest BCUT2D eigenvalue weighted by atomic mass is 127. The minimum atomic E-state index is -1.04. The number of benzene rings is 1. The van der Waals surface area contributed by atoms with Crippen LogP contribution in [0.2, 0.25) is 0 Å². The lowest BCUT2D eigenvalue weighted by Gasteiger charge is -2.04. The third-order valence-electron chi connectivity index (χ3n) is 2.40. The van der Waals surface area contributed by atoms with Gasteiger partial charge in [0.05, 0.1) is 11.8 Å². The molecule has 2 aromatic rings. The summed E-state index contributed by atoms with van der Waals surface area (Å²) in [5.74, 6) is -1.28. The summed E-state index contributed by atoms with van der Waals surface area (Å²) in [6.45, 7) is 0. The van der Waals surface area contributed by atoms with Gasteiger partial charge in [0.25, 0.3) is 5.91 Å². The van der Waals surface area contributed by atoms with E-state index in [1.807, 2.05) is 12.1 Å². The average Bonchev–Trinajstić information content (AvgIpc) is 2.79. The summed E-state index contributed by atoms with van der Waals surface area (Å²) >= 11 is 2.17. The fraction of sp³-hybridized carbons (Fsp3) is 0.0769. The Bertz CT molecular complexity index is 603. The van der Waals surface area contributed by atoms with Crippen LogP contribution in [0.3, 0.4) is 0 Å². The van der Waals surface area contributed by atoms with Crippen molar-refractivity contribution in [1.82, 2.24) is 0 Å². The molecule has 1 amide bonds. The van der Waals surface area contributed by atoms with Gasteiger partial charge in [-0.25, -0.2) is 0 Å². The number of hydrogen-bond acceptors (Lipinski definition) is 3. The van der Waals surface area contributed by atoms with Crippen molar-refractivity contribution in [1.29, 1.82) is 0 Å². The quantitative estimate of drug-likeness (QED) is 0.811. The van der Waals surface area contributed by atoms with Gasteiger partial charge in [-0.1, -0.05) is 0 Å². The number of carboxylic acid groups (broad SMARTS) is 1. The van der Waals surface area contributed by atoms with Crippen LogP contribution in [-0.2, 0) is 11.2 Å². The molecule has 0 aliphatic rings. The van der Waals surface area contributed by atoms with Crippen molar-refractivity contribution in [2.45, 2.75) is 6.42 Å². The predicted molar refractivity (Wildman–Crippen MR) is 77.2 cm³/mol. The van der Waals surface area contributed by atoms with E-state index in [1.165, 1.54) is 12.3 Å². The van der Waals surface area contributed by atoms with Crippen molar-refractivity contribution < 1.29 is 19.1 Å². The van der Waals surface area contributed by atoms with Gasteiger partial charge in [0.1, 0.15) is 12.2 Å². The third-order valence-corrected chi connectivity index (χ3v) is 3.12. The number of aliphatic carboxylic acids is 1. The third kappa shape index (κ3) is 3.57. The van der Waals surface area contributed by atoms with E-state index in [9.17, 15) is 9.59 Å². The summed E-state index contributed by atoms with van der Waals surface area (Å²) in [7, 11) is 0. The monoisotopic (exact) mass is 371 g/mol. The molecule has 0 radical (unpaired) electrons. The highest BCUT2D eigenvalue weighted by Crippen LogP contribution is 2.16. The fourth-order valence-corrected chi connectivity index (χ4v) is 1.91.